The third-order valence-electron chi connectivity index (χ3n) is 0.377. The van der Waals surface area contributed by atoms with Gasteiger partial charge in [-0.25, -0.2) is 0 Å². The van der Waals surface area contributed by atoms with Crippen molar-refractivity contribution in [2.24, 2.45) is 0 Å². The minimum Gasteiger partial charge on any atom is -0.182 e. The van der Waals surface area contributed by atoms with E-state index in [1.54, 1.807) is 0 Å². The lowest BCUT2D eigenvalue weighted by Crippen LogP contribution is -1.66. The molecule has 1 aromatic heterocycles. The Balaban J connectivity index is 3.00. The van der Waals surface area contributed by atoms with Crippen molar-refractivity contribution in [3.8, 4) is 0 Å². The fraction of sp³-hybridized carbons (Fsp3) is 0. The fourth-order valence-corrected chi connectivity index (χ4v) is 0.190. The fourth-order valence-electron chi connectivity index (χ4n) is 0.190. The molecule has 3 nitrogen and oxygen atoms in total. The van der Waals surface area contributed by atoms with Crippen molar-refractivity contribution in [3.63, 3.8) is 0 Å². The van der Waals surface area contributed by atoms with Crippen LogP contribution in [0.4, 0.5) is 0 Å². The molecule has 3 heteroatoms. The zero-order valence-corrected chi connectivity index (χ0v) is 3.03. The zero-order chi connectivity index (χ0) is 4.24. The quantitative estimate of drug-likeness (QED) is 0.425. The molecule has 0 N–H and O–H groups in total. The Labute approximate surface area is 34.7 Å². The lowest BCUT2D eigenvalue weighted by atomic mass is 11.2. The average Bonchev–Trinajstić information content (AvgIpc) is 1.72. The van der Waals surface area contributed by atoms with Crippen LogP contribution < -0.4 is 0 Å². The van der Waals surface area contributed by atoms with E-state index in [1.807, 2.05) is 0 Å². The van der Waals surface area contributed by atoms with Crippen molar-refractivity contribution in [2.45, 2.75) is 0 Å². The Kier molecular flexibility index (Phi) is 0.774. The molecule has 0 aliphatic rings. The Hall–Kier alpha value is -0.990. The van der Waals surface area contributed by atoms with Crippen LogP contribution in [0.5, 0.6) is 0 Å². The monoisotopic (exact) mass is 83.0 g/mol. The number of hydrogen-bond acceptors (Lipinski definition) is 2. The summed E-state index contributed by atoms with van der Waals surface area (Å²) in [7, 11) is 0. The molecule has 0 aromatic carbocycles. The Morgan fingerprint density at radius 2 is 1.83 bits per heavy atom. The number of nitrogens with zero attached hydrogens (tertiary/aromatic N) is 2. The van der Waals surface area contributed by atoms with E-state index >= 15 is 0 Å². The van der Waals surface area contributed by atoms with Crippen LogP contribution in [-0.2, 0) is 0 Å². The van der Waals surface area contributed by atoms with Gasteiger partial charge in [0.15, 0.2) is 0 Å². The highest BCUT2D eigenvalue weighted by atomic mass is 16.3. The molecule has 0 aliphatic carbocycles. The van der Waals surface area contributed by atoms with Gasteiger partial charge in [-0.05, 0) is 0 Å². The summed E-state index contributed by atoms with van der Waals surface area (Å²) in [6.07, 6.45) is 4.03. The standard InChI is InChI=1S/C3H3N2O/c1-4-2-6-3-5-1/h1-3H/q+1. The zero-order valence-electron chi connectivity index (χ0n) is 3.03. The van der Waals surface area contributed by atoms with E-state index in [2.05, 4.69) is 14.4 Å². The second-order valence-corrected chi connectivity index (χ2v) is 0.761. The molecule has 1 rings (SSSR count). The first-order valence-electron chi connectivity index (χ1n) is 1.50. The summed E-state index contributed by atoms with van der Waals surface area (Å²) >= 11 is 0. The molecule has 0 radical (unpaired) electrons. The van der Waals surface area contributed by atoms with Crippen LogP contribution in [0.1, 0.15) is 0 Å². The molecular weight excluding hydrogens is 80.0 g/mol. The molecule has 0 bridgehead atoms. The van der Waals surface area contributed by atoms with Crippen LogP contribution in [0.2, 0.25) is 0 Å². The molecule has 0 aliphatic heterocycles. The second kappa shape index (κ2) is 1.45. The van der Waals surface area contributed by atoms with Gasteiger partial charge in [-0.3, -0.25) is 0 Å². The van der Waals surface area contributed by atoms with Crippen molar-refractivity contribution in [3.05, 3.63) is 19.1 Å². The number of aromatic nitrogens is 2. The molecule has 30 valence electrons. The van der Waals surface area contributed by atoms with Gasteiger partial charge >= 0.3 is 12.8 Å². The van der Waals surface area contributed by atoms with E-state index in [4.69, 9.17) is 0 Å². The molecule has 0 saturated heterocycles. The molecule has 1 heterocycles. The Morgan fingerprint density at radius 1 is 1.17 bits per heavy atom. The predicted octanol–water partition coefficient (Wildman–Crippen LogP) is 0.351. The lowest BCUT2D eigenvalue weighted by molar-refractivity contribution is 0.503. The normalized spacial score (nSPS) is 8.00. The predicted molar refractivity (Wildman–Crippen MR) is 18.7 cm³/mol. The van der Waals surface area contributed by atoms with Crippen LogP contribution in [0.15, 0.2) is 23.5 Å². The maximum Gasteiger partial charge on any atom is 0.419 e. The number of rotatable bonds is 0. The van der Waals surface area contributed by atoms with Gasteiger partial charge in [0, 0.05) is 0 Å². The van der Waals surface area contributed by atoms with Crippen molar-refractivity contribution in [1.29, 1.82) is 0 Å². The van der Waals surface area contributed by atoms with Gasteiger partial charge in [-0.2, -0.15) is 14.4 Å². The van der Waals surface area contributed by atoms with Crippen molar-refractivity contribution < 1.29 is 4.42 Å². The summed E-state index contributed by atoms with van der Waals surface area (Å²) in [6.45, 7) is 0. The van der Waals surface area contributed by atoms with Crippen LogP contribution >= 0.6 is 0 Å². The SMILES string of the molecule is c1nc[o+]cn1. The van der Waals surface area contributed by atoms with Crippen molar-refractivity contribution >= 4 is 0 Å². The maximum atomic E-state index is 4.45. The molecule has 0 saturated carbocycles. The highest BCUT2D eigenvalue weighted by molar-refractivity contribution is 4.43. The van der Waals surface area contributed by atoms with Gasteiger partial charge in [0.05, 0.1) is 0 Å². The van der Waals surface area contributed by atoms with Gasteiger partial charge < -0.3 is 0 Å². The van der Waals surface area contributed by atoms with Crippen LogP contribution in [0.25, 0.3) is 0 Å². The molecule has 1 aromatic rings. The summed E-state index contributed by atoms with van der Waals surface area (Å²) < 4.78 is 4.45. The Bertz CT molecular complexity index is 80.7. The lowest BCUT2D eigenvalue weighted by Gasteiger charge is -1.57. The van der Waals surface area contributed by atoms with E-state index < -0.39 is 0 Å². The first kappa shape index (κ1) is 3.21. The van der Waals surface area contributed by atoms with Crippen LogP contribution in [0.3, 0.4) is 0 Å². The summed E-state index contributed by atoms with van der Waals surface area (Å²) in [6, 6.07) is 0. The first-order valence-corrected chi connectivity index (χ1v) is 1.50. The van der Waals surface area contributed by atoms with Gasteiger partial charge in [-0.15, -0.1) is 0 Å². The molecule has 0 fully saturated rings. The van der Waals surface area contributed by atoms with Gasteiger partial charge in [0.2, 0.25) is 0 Å². The van der Waals surface area contributed by atoms with Crippen LogP contribution in [0, 0.1) is 0 Å². The highest BCUT2D eigenvalue weighted by Crippen LogP contribution is 1.66. The second-order valence-electron chi connectivity index (χ2n) is 0.761. The molecule has 0 spiro atoms. The third kappa shape index (κ3) is 0.484. The molecule has 0 amide bonds. The van der Waals surface area contributed by atoms with Crippen LogP contribution in [-0.4, -0.2) is 9.97 Å². The smallest absolute Gasteiger partial charge is 0.182 e. The largest absolute Gasteiger partial charge is 0.419 e. The summed E-state index contributed by atoms with van der Waals surface area (Å²) in [5, 5.41) is 0. The molecule has 0 unspecified atom stereocenters. The van der Waals surface area contributed by atoms with Crippen molar-refractivity contribution in [1.82, 2.24) is 9.97 Å². The highest BCUT2D eigenvalue weighted by Gasteiger charge is 1.74. The van der Waals surface area contributed by atoms with E-state index in [0.717, 1.165) is 0 Å². The molecular formula is C3H3N2O+. The molecule has 6 heavy (non-hydrogen) atoms. The van der Waals surface area contributed by atoms with Gasteiger partial charge in [-0.1, -0.05) is 0 Å². The summed E-state index contributed by atoms with van der Waals surface area (Å²) in [5.74, 6) is 0. The summed E-state index contributed by atoms with van der Waals surface area (Å²) in [5.41, 5.74) is 0. The Morgan fingerprint density at radius 3 is 2.00 bits per heavy atom. The summed E-state index contributed by atoms with van der Waals surface area (Å²) in [4.78, 5) is 7.01. The van der Waals surface area contributed by atoms with Gasteiger partial charge in [0.1, 0.15) is 6.33 Å². The third-order valence-corrected chi connectivity index (χ3v) is 0.377. The average molecular weight is 83.1 g/mol. The topological polar surface area (TPSA) is 37.1 Å². The van der Waals surface area contributed by atoms with E-state index in [0.29, 0.717) is 0 Å². The number of hydrogen-bond donors (Lipinski definition) is 0. The maximum absolute atomic E-state index is 4.45. The molecule has 0 atom stereocenters. The minimum atomic E-state index is 1.31. The first-order chi connectivity index (χ1) is 3.00. The van der Waals surface area contributed by atoms with E-state index in [9.17, 15) is 0 Å². The minimum absolute atomic E-state index is 1.31. The van der Waals surface area contributed by atoms with Crippen molar-refractivity contribution in [2.75, 3.05) is 0 Å². The van der Waals surface area contributed by atoms with E-state index in [-0.39, 0.29) is 0 Å². The van der Waals surface area contributed by atoms with E-state index in [1.165, 1.54) is 19.1 Å². The van der Waals surface area contributed by atoms with Gasteiger partial charge in [0.25, 0.3) is 0 Å².